The molecule has 4 bridgehead atoms. The first kappa shape index (κ1) is 32.8. The summed E-state index contributed by atoms with van der Waals surface area (Å²) in [7, 11) is 2.16. The Kier molecular flexibility index (Phi) is 9.39. The molecule has 5 fully saturated rings. The molecule has 1 aromatic heterocycles. The van der Waals surface area contributed by atoms with Crippen molar-refractivity contribution in [2.24, 2.45) is 23.7 Å². The van der Waals surface area contributed by atoms with Crippen LogP contribution in [0.1, 0.15) is 67.4 Å². The quantitative estimate of drug-likeness (QED) is 0.205. The zero-order valence-electron chi connectivity index (χ0n) is 26.5. The van der Waals surface area contributed by atoms with E-state index in [0.29, 0.717) is 41.0 Å². The maximum atomic E-state index is 14.0. The molecule has 7 nitrogen and oxygen atoms in total. The van der Waals surface area contributed by atoms with Crippen LogP contribution in [0.3, 0.4) is 0 Å². The Balaban J connectivity index is 0.00000372. The molecule has 2 N–H and O–H groups in total. The van der Waals surface area contributed by atoms with E-state index in [9.17, 15) is 14.7 Å². The highest BCUT2D eigenvalue weighted by molar-refractivity contribution is 6.32. The van der Waals surface area contributed by atoms with Crippen LogP contribution in [0, 0.1) is 30.6 Å². The molecule has 1 amide bonds. The number of rotatable bonds is 11. The number of aromatic nitrogens is 1. The molecule has 2 aromatic carbocycles. The molecule has 3 aromatic rings. The van der Waals surface area contributed by atoms with Crippen molar-refractivity contribution in [3.05, 3.63) is 70.9 Å². The number of nitrogens with one attached hydrogen (secondary N) is 1. The van der Waals surface area contributed by atoms with E-state index < -0.39 is 17.4 Å². The standard InChI is InChI=1S/C37H42ClN3O4.ClH/c1-22-6-3-4-7-29(22)30-11-13-32(35(42)40-37(36(43)44)26-17-23-16-24(19-26)20-27(37)18-23)39-34(30)25-8-12-31(38)33(21-25)45-15-5-14-41(2)28-9-10-28;/h3-4,6-8,11-13,21,23-24,26-28H,5,9-10,14-20H2,1-2H3,(H,40,42)(H,43,44);1H. The van der Waals surface area contributed by atoms with Crippen molar-refractivity contribution in [1.82, 2.24) is 15.2 Å². The number of benzene rings is 2. The van der Waals surface area contributed by atoms with Crippen LogP contribution < -0.4 is 10.1 Å². The van der Waals surface area contributed by atoms with Crippen LogP contribution in [0.25, 0.3) is 22.4 Å². The number of carbonyl (C=O) groups is 2. The van der Waals surface area contributed by atoms with Gasteiger partial charge in [0.25, 0.3) is 5.91 Å². The summed E-state index contributed by atoms with van der Waals surface area (Å²) in [5, 5.41) is 14.2. The van der Waals surface area contributed by atoms with E-state index in [4.69, 9.17) is 21.3 Å². The monoisotopic (exact) mass is 663 g/mol. The van der Waals surface area contributed by atoms with E-state index in [2.05, 4.69) is 30.3 Å². The lowest BCUT2D eigenvalue weighted by atomic mass is 9.48. The largest absolute Gasteiger partial charge is 0.492 e. The molecule has 9 heteroatoms. The third kappa shape index (κ3) is 6.14. The number of aryl methyl sites for hydroxylation is 1. The molecule has 8 rings (SSSR count). The fourth-order valence-corrected chi connectivity index (χ4v) is 8.81. The number of ether oxygens (including phenoxy) is 1. The zero-order valence-corrected chi connectivity index (χ0v) is 28.1. The van der Waals surface area contributed by atoms with Crippen LogP contribution in [0.2, 0.25) is 5.02 Å². The van der Waals surface area contributed by atoms with Crippen LogP contribution in [0.15, 0.2) is 54.6 Å². The van der Waals surface area contributed by atoms with Gasteiger partial charge in [0.15, 0.2) is 0 Å². The van der Waals surface area contributed by atoms with Crippen LogP contribution in [-0.2, 0) is 4.79 Å². The van der Waals surface area contributed by atoms with Gasteiger partial charge in [-0.05, 0) is 124 Å². The maximum absolute atomic E-state index is 14.0. The Morgan fingerprint density at radius 3 is 2.35 bits per heavy atom. The van der Waals surface area contributed by atoms with Gasteiger partial charge in [-0.2, -0.15) is 0 Å². The number of hydrogen-bond donors (Lipinski definition) is 2. The van der Waals surface area contributed by atoms with Gasteiger partial charge in [-0.15, -0.1) is 12.4 Å². The molecule has 46 heavy (non-hydrogen) atoms. The van der Waals surface area contributed by atoms with Gasteiger partial charge in [0, 0.05) is 23.7 Å². The smallest absolute Gasteiger partial charge is 0.330 e. The second-order valence-corrected chi connectivity index (χ2v) is 14.3. The second-order valence-electron chi connectivity index (χ2n) is 13.9. The molecule has 5 aliphatic carbocycles. The highest BCUT2D eigenvalue weighted by atomic mass is 35.5. The van der Waals surface area contributed by atoms with Crippen molar-refractivity contribution >= 4 is 35.9 Å². The van der Waals surface area contributed by atoms with Gasteiger partial charge in [-0.3, -0.25) is 4.79 Å². The Hall–Kier alpha value is -3.13. The minimum absolute atomic E-state index is 0. The average molecular weight is 665 g/mol. The maximum Gasteiger partial charge on any atom is 0.330 e. The highest BCUT2D eigenvalue weighted by Gasteiger charge is 2.62. The van der Waals surface area contributed by atoms with Crippen molar-refractivity contribution in [3.63, 3.8) is 0 Å². The number of carboxylic acid groups (broad SMARTS) is 1. The molecule has 0 aliphatic heterocycles. The van der Waals surface area contributed by atoms with Gasteiger partial charge in [0.05, 0.1) is 17.3 Å². The van der Waals surface area contributed by atoms with Gasteiger partial charge in [-0.25, -0.2) is 9.78 Å². The summed E-state index contributed by atoms with van der Waals surface area (Å²) in [4.78, 5) is 34.2. The fourth-order valence-electron chi connectivity index (χ4n) is 8.64. The molecular formula is C37H43Cl2N3O4. The summed E-state index contributed by atoms with van der Waals surface area (Å²) >= 11 is 6.59. The summed E-state index contributed by atoms with van der Waals surface area (Å²) in [6.45, 7) is 3.57. The first-order valence-electron chi connectivity index (χ1n) is 16.5. The summed E-state index contributed by atoms with van der Waals surface area (Å²) in [6, 6.07) is 18.1. The lowest BCUT2D eigenvalue weighted by molar-refractivity contribution is -0.163. The molecule has 1 heterocycles. The van der Waals surface area contributed by atoms with Crippen LogP contribution in [0.5, 0.6) is 5.75 Å². The number of nitrogens with zero attached hydrogens (tertiary/aromatic N) is 2. The van der Waals surface area contributed by atoms with Crippen molar-refractivity contribution in [3.8, 4) is 28.1 Å². The van der Waals surface area contributed by atoms with Gasteiger partial charge in [0.2, 0.25) is 0 Å². The van der Waals surface area contributed by atoms with E-state index in [1.807, 2.05) is 42.5 Å². The van der Waals surface area contributed by atoms with Gasteiger partial charge >= 0.3 is 5.97 Å². The van der Waals surface area contributed by atoms with E-state index in [-0.39, 0.29) is 29.9 Å². The number of hydrogen-bond acceptors (Lipinski definition) is 5. The highest BCUT2D eigenvalue weighted by Crippen LogP contribution is 2.58. The Morgan fingerprint density at radius 2 is 1.70 bits per heavy atom. The summed E-state index contributed by atoms with van der Waals surface area (Å²) in [6.07, 6.45) is 8.13. The van der Waals surface area contributed by atoms with Crippen molar-refractivity contribution in [1.29, 1.82) is 0 Å². The van der Waals surface area contributed by atoms with E-state index in [0.717, 1.165) is 60.9 Å². The van der Waals surface area contributed by atoms with Gasteiger partial charge < -0.3 is 20.1 Å². The number of halogens is 2. The van der Waals surface area contributed by atoms with Crippen LogP contribution >= 0.6 is 24.0 Å². The summed E-state index contributed by atoms with van der Waals surface area (Å²) in [5.74, 6) is 0.304. The molecule has 0 atom stereocenters. The third-order valence-corrected chi connectivity index (χ3v) is 11.3. The number of pyridine rings is 1. The zero-order chi connectivity index (χ0) is 31.3. The SMILES string of the molecule is Cc1ccccc1-c1ccc(C(=O)NC2(C(=O)O)C3CC4CC(C3)CC2C4)nc1-c1ccc(Cl)c(OCCCN(C)C2CC2)c1.Cl. The number of carboxylic acids is 1. The molecular weight excluding hydrogens is 621 g/mol. The van der Waals surface area contributed by atoms with Gasteiger partial charge in [0.1, 0.15) is 17.0 Å². The minimum atomic E-state index is -1.24. The average Bonchev–Trinajstić information content (AvgIpc) is 3.87. The fraction of sp³-hybridized carbons (Fsp3) is 0.486. The topological polar surface area (TPSA) is 91.8 Å². The Morgan fingerprint density at radius 1 is 1.00 bits per heavy atom. The van der Waals surface area contributed by atoms with Crippen molar-refractivity contribution in [2.45, 2.75) is 69.9 Å². The van der Waals surface area contributed by atoms with E-state index in [1.165, 1.54) is 19.3 Å². The normalized spacial score (nSPS) is 26.1. The molecule has 5 saturated carbocycles. The molecule has 0 spiro atoms. The molecule has 244 valence electrons. The number of amides is 1. The second kappa shape index (κ2) is 13.2. The van der Waals surface area contributed by atoms with Crippen LogP contribution in [-0.4, -0.2) is 58.6 Å². The predicted octanol–water partition coefficient (Wildman–Crippen LogP) is 7.67. The van der Waals surface area contributed by atoms with E-state index in [1.54, 1.807) is 6.07 Å². The third-order valence-electron chi connectivity index (χ3n) is 11.0. The predicted molar refractivity (Wildman–Crippen MR) is 183 cm³/mol. The molecule has 0 saturated heterocycles. The van der Waals surface area contributed by atoms with E-state index >= 15 is 0 Å². The van der Waals surface area contributed by atoms with Crippen molar-refractivity contribution in [2.75, 3.05) is 20.2 Å². The first-order valence-corrected chi connectivity index (χ1v) is 16.9. The number of carbonyl (C=O) groups excluding carboxylic acids is 1. The summed E-state index contributed by atoms with van der Waals surface area (Å²) < 4.78 is 6.16. The minimum Gasteiger partial charge on any atom is -0.492 e. The number of aliphatic carboxylic acids is 1. The molecule has 5 aliphatic rings. The molecule has 0 unspecified atom stereocenters. The Labute approximate surface area is 282 Å². The van der Waals surface area contributed by atoms with Gasteiger partial charge in [-0.1, -0.05) is 41.9 Å². The summed E-state index contributed by atoms with van der Waals surface area (Å²) in [5.41, 5.74) is 3.35. The van der Waals surface area contributed by atoms with Crippen molar-refractivity contribution < 1.29 is 19.4 Å². The Bertz CT molecular complexity index is 1600. The lowest BCUT2D eigenvalue weighted by Crippen LogP contribution is -2.70. The molecule has 0 radical (unpaired) electrons. The van der Waals surface area contributed by atoms with Crippen LogP contribution in [0.4, 0.5) is 0 Å². The first-order chi connectivity index (χ1) is 21.7. The lowest BCUT2D eigenvalue weighted by Gasteiger charge is -2.59.